The number of methoxy groups -OCH3 is 1. The first-order valence-corrected chi connectivity index (χ1v) is 5.09. The van der Waals surface area contributed by atoms with Crippen LogP contribution in [0.3, 0.4) is 0 Å². The molecule has 0 rings (SSSR count). The van der Waals surface area contributed by atoms with E-state index in [0.717, 1.165) is 12.2 Å². The van der Waals surface area contributed by atoms with Crippen LogP contribution in [0.4, 0.5) is 0 Å². The molecule has 0 amide bonds. The minimum absolute atomic E-state index is 0.232. The van der Waals surface area contributed by atoms with E-state index < -0.39 is 0 Å². The minimum atomic E-state index is -0.250. The van der Waals surface area contributed by atoms with Crippen LogP contribution in [-0.2, 0) is 9.53 Å². The van der Waals surface area contributed by atoms with Crippen molar-refractivity contribution in [2.45, 2.75) is 12.5 Å². The summed E-state index contributed by atoms with van der Waals surface area (Å²) in [7, 11) is 1.39. The number of hydrogen-bond acceptors (Lipinski definition) is 4. The molecule has 0 aliphatic heterocycles. The summed E-state index contributed by atoms with van der Waals surface area (Å²) in [6, 6.07) is -0.250. The molecule has 70 valence electrons. The predicted octanol–water partition coefficient (Wildman–Crippen LogP) is 1.01. The molecule has 1 N–H and O–H groups in total. The third-order valence-corrected chi connectivity index (χ3v) is 2.06. The van der Waals surface area contributed by atoms with Gasteiger partial charge in [-0.25, -0.2) is 4.79 Å². The normalized spacial score (nSPS) is 11.8. The fourth-order valence-corrected chi connectivity index (χ4v) is 1.26. The summed E-state index contributed by atoms with van der Waals surface area (Å²) in [4.78, 5) is 11.1. The highest BCUT2D eigenvalue weighted by Crippen LogP contribution is 2.01. The third-order valence-electron chi connectivity index (χ3n) is 1.42. The van der Waals surface area contributed by atoms with Crippen LogP contribution in [0, 0.1) is 0 Å². The van der Waals surface area contributed by atoms with Crippen LogP contribution in [0.5, 0.6) is 0 Å². The van der Waals surface area contributed by atoms with E-state index in [1.54, 1.807) is 11.8 Å². The van der Waals surface area contributed by atoms with Gasteiger partial charge in [-0.05, 0) is 24.6 Å². The number of carbonyl (C=O) groups is 1. The number of esters is 1. The first-order valence-electron chi connectivity index (χ1n) is 3.70. The van der Waals surface area contributed by atoms with Crippen LogP contribution < -0.4 is 5.32 Å². The molecule has 4 heteroatoms. The SMILES string of the molecule is C=CN[C@@H](CCSC)C(=O)OC. The fraction of sp³-hybridized carbons (Fsp3) is 0.625. The first kappa shape index (κ1) is 11.4. The van der Waals surface area contributed by atoms with Gasteiger partial charge >= 0.3 is 5.97 Å². The van der Waals surface area contributed by atoms with E-state index in [1.165, 1.54) is 13.3 Å². The van der Waals surface area contributed by atoms with Crippen LogP contribution in [-0.4, -0.2) is 31.1 Å². The lowest BCUT2D eigenvalue weighted by Crippen LogP contribution is -2.34. The average Bonchev–Trinajstić information content (AvgIpc) is 2.11. The van der Waals surface area contributed by atoms with Gasteiger partial charge in [-0.15, -0.1) is 0 Å². The highest BCUT2D eigenvalue weighted by molar-refractivity contribution is 7.98. The second kappa shape index (κ2) is 7.03. The van der Waals surface area contributed by atoms with E-state index in [1.807, 2.05) is 6.26 Å². The molecule has 0 aromatic heterocycles. The van der Waals surface area contributed by atoms with Gasteiger partial charge in [0.2, 0.25) is 0 Å². The Hall–Kier alpha value is -0.640. The molecule has 0 unspecified atom stereocenters. The van der Waals surface area contributed by atoms with Gasteiger partial charge in [0.25, 0.3) is 0 Å². The van der Waals surface area contributed by atoms with Crippen molar-refractivity contribution in [1.82, 2.24) is 5.32 Å². The van der Waals surface area contributed by atoms with E-state index in [-0.39, 0.29) is 12.0 Å². The number of nitrogens with one attached hydrogen (secondary N) is 1. The lowest BCUT2D eigenvalue weighted by atomic mass is 10.2. The molecule has 0 aliphatic carbocycles. The molecule has 0 saturated carbocycles. The Labute approximate surface area is 77.6 Å². The van der Waals surface area contributed by atoms with Gasteiger partial charge in [0.05, 0.1) is 7.11 Å². The number of carbonyl (C=O) groups excluding carboxylic acids is 1. The van der Waals surface area contributed by atoms with Gasteiger partial charge in [-0.2, -0.15) is 11.8 Å². The highest BCUT2D eigenvalue weighted by Gasteiger charge is 2.15. The highest BCUT2D eigenvalue weighted by atomic mass is 32.2. The smallest absolute Gasteiger partial charge is 0.328 e. The predicted molar refractivity (Wildman–Crippen MR) is 52.1 cm³/mol. The zero-order valence-electron chi connectivity index (χ0n) is 7.50. The van der Waals surface area contributed by atoms with Gasteiger partial charge in [0, 0.05) is 0 Å². The van der Waals surface area contributed by atoms with E-state index in [0.29, 0.717) is 0 Å². The molecule has 0 heterocycles. The van der Waals surface area contributed by atoms with Crippen molar-refractivity contribution in [2.24, 2.45) is 0 Å². The minimum Gasteiger partial charge on any atom is -0.467 e. The molecular formula is C8H15NO2S. The number of rotatable bonds is 6. The maximum Gasteiger partial charge on any atom is 0.328 e. The van der Waals surface area contributed by atoms with Crippen molar-refractivity contribution < 1.29 is 9.53 Å². The quantitative estimate of drug-likeness (QED) is 0.633. The van der Waals surface area contributed by atoms with E-state index in [9.17, 15) is 4.79 Å². The lowest BCUT2D eigenvalue weighted by Gasteiger charge is -2.13. The van der Waals surface area contributed by atoms with Crippen molar-refractivity contribution >= 4 is 17.7 Å². The molecule has 12 heavy (non-hydrogen) atoms. The molecule has 0 bridgehead atoms. The summed E-state index contributed by atoms with van der Waals surface area (Å²) in [5, 5.41) is 2.84. The summed E-state index contributed by atoms with van der Waals surface area (Å²) in [5.41, 5.74) is 0. The molecule has 1 atom stereocenters. The van der Waals surface area contributed by atoms with Crippen molar-refractivity contribution in [2.75, 3.05) is 19.1 Å². The van der Waals surface area contributed by atoms with Crippen molar-refractivity contribution in [1.29, 1.82) is 0 Å². The molecule has 0 aliphatic rings. The molecule has 3 nitrogen and oxygen atoms in total. The molecule has 0 radical (unpaired) electrons. The zero-order chi connectivity index (χ0) is 9.40. The molecule has 0 saturated heterocycles. The standard InChI is InChI=1S/C8H15NO2S/c1-4-9-7(5-6-12-3)8(10)11-2/h4,7,9H,1,5-6H2,2-3H3/t7-/m0/s1. The first-order chi connectivity index (χ1) is 5.76. The Morgan fingerprint density at radius 1 is 1.83 bits per heavy atom. The second-order valence-corrected chi connectivity index (χ2v) is 3.21. The van der Waals surface area contributed by atoms with Crippen LogP contribution in [0.25, 0.3) is 0 Å². The van der Waals surface area contributed by atoms with E-state index >= 15 is 0 Å². The van der Waals surface area contributed by atoms with Gasteiger partial charge in [0.1, 0.15) is 6.04 Å². The Balaban J connectivity index is 3.84. The van der Waals surface area contributed by atoms with Crippen molar-refractivity contribution in [3.63, 3.8) is 0 Å². The summed E-state index contributed by atoms with van der Waals surface area (Å²) in [6.45, 7) is 3.50. The Morgan fingerprint density at radius 2 is 2.50 bits per heavy atom. The second-order valence-electron chi connectivity index (χ2n) is 2.23. The van der Waals surface area contributed by atoms with Gasteiger partial charge in [0.15, 0.2) is 0 Å². The number of thioether (sulfide) groups is 1. The summed E-state index contributed by atoms with van der Waals surface area (Å²) in [6.07, 6.45) is 4.28. The van der Waals surface area contributed by atoms with Gasteiger partial charge in [-0.1, -0.05) is 6.58 Å². The lowest BCUT2D eigenvalue weighted by molar-refractivity contribution is -0.142. The third kappa shape index (κ3) is 4.28. The molecule has 0 fully saturated rings. The largest absolute Gasteiger partial charge is 0.467 e. The van der Waals surface area contributed by atoms with Crippen LogP contribution in [0.15, 0.2) is 12.8 Å². The van der Waals surface area contributed by atoms with E-state index in [2.05, 4.69) is 16.6 Å². The van der Waals surface area contributed by atoms with Crippen LogP contribution in [0.2, 0.25) is 0 Å². The molecule has 0 aromatic carbocycles. The van der Waals surface area contributed by atoms with Crippen molar-refractivity contribution in [3.05, 3.63) is 12.8 Å². The average molecular weight is 189 g/mol. The van der Waals surface area contributed by atoms with Crippen molar-refractivity contribution in [3.8, 4) is 0 Å². The van der Waals surface area contributed by atoms with Gasteiger partial charge < -0.3 is 10.1 Å². The Bertz CT molecular complexity index is 150. The van der Waals surface area contributed by atoms with E-state index in [4.69, 9.17) is 0 Å². The molecule has 0 aromatic rings. The number of hydrogen-bond donors (Lipinski definition) is 1. The monoisotopic (exact) mass is 189 g/mol. The maximum absolute atomic E-state index is 11.1. The zero-order valence-corrected chi connectivity index (χ0v) is 8.32. The summed E-state index contributed by atoms with van der Waals surface area (Å²) in [5.74, 6) is 0.699. The summed E-state index contributed by atoms with van der Waals surface area (Å²) >= 11 is 1.70. The van der Waals surface area contributed by atoms with Gasteiger partial charge in [-0.3, -0.25) is 0 Å². The molecular weight excluding hydrogens is 174 g/mol. The maximum atomic E-state index is 11.1. The summed E-state index contributed by atoms with van der Waals surface area (Å²) < 4.78 is 4.60. The molecule has 0 spiro atoms. The topological polar surface area (TPSA) is 38.3 Å². The Morgan fingerprint density at radius 3 is 2.92 bits per heavy atom. The fourth-order valence-electron chi connectivity index (χ4n) is 0.789. The number of ether oxygens (including phenoxy) is 1. The Kier molecular flexibility index (Phi) is 6.66. The van der Waals surface area contributed by atoms with Crippen LogP contribution in [0.1, 0.15) is 6.42 Å². The van der Waals surface area contributed by atoms with Crippen LogP contribution >= 0.6 is 11.8 Å².